The van der Waals surface area contributed by atoms with Gasteiger partial charge in [-0.15, -0.1) is 0 Å². The molecule has 0 saturated heterocycles. The number of quaternary nitrogens is 1. The van der Waals surface area contributed by atoms with Crippen molar-refractivity contribution in [2.45, 2.75) is 26.2 Å². The van der Waals surface area contributed by atoms with Crippen LogP contribution in [0.25, 0.3) is 0 Å². The molecule has 2 N–H and O–H groups in total. The number of carbonyl (C=O) groups is 1. The summed E-state index contributed by atoms with van der Waals surface area (Å²) in [7, 11) is 4.50. The van der Waals surface area contributed by atoms with Crippen molar-refractivity contribution < 1.29 is 14.0 Å². The SMILES string of the molecule is CCCC[N+](C)(C)CCc1cccc(OC(N)=O)c1. The van der Waals surface area contributed by atoms with E-state index in [0.29, 0.717) is 5.75 Å². The topological polar surface area (TPSA) is 52.3 Å². The van der Waals surface area contributed by atoms with Gasteiger partial charge in [-0.2, -0.15) is 0 Å². The van der Waals surface area contributed by atoms with E-state index in [1.54, 1.807) is 6.07 Å². The predicted octanol–water partition coefficient (Wildman–Crippen LogP) is 2.56. The maximum absolute atomic E-state index is 10.7. The van der Waals surface area contributed by atoms with Gasteiger partial charge in [0.1, 0.15) is 5.75 Å². The van der Waals surface area contributed by atoms with Gasteiger partial charge in [-0.25, -0.2) is 4.79 Å². The van der Waals surface area contributed by atoms with Gasteiger partial charge < -0.3 is 15.0 Å². The van der Waals surface area contributed by atoms with E-state index < -0.39 is 6.09 Å². The van der Waals surface area contributed by atoms with Gasteiger partial charge in [0.15, 0.2) is 0 Å². The molecule has 4 nitrogen and oxygen atoms in total. The lowest BCUT2D eigenvalue weighted by Crippen LogP contribution is -2.42. The minimum absolute atomic E-state index is 0.517. The molecule has 106 valence electrons. The molecular formula is C15H25N2O2+. The zero-order chi connectivity index (χ0) is 14.3. The lowest BCUT2D eigenvalue weighted by atomic mass is 10.1. The fourth-order valence-electron chi connectivity index (χ4n) is 2.01. The Kier molecular flexibility index (Phi) is 5.83. The molecule has 19 heavy (non-hydrogen) atoms. The number of nitrogens with zero attached hydrogens (tertiary/aromatic N) is 1. The molecule has 0 unspecified atom stereocenters. The number of rotatable bonds is 7. The number of hydrogen-bond donors (Lipinski definition) is 1. The molecule has 1 rings (SSSR count). The van der Waals surface area contributed by atoms with Crippen LogP contribution in [-0.4, -0.2) is 37.8 Å². The van der Waals surface area contributed by atoms with E-state index in [1.165, 1.54) is 24.9 Å². The molecule has 0 aliphatic heterocycles. The Hall–Kier alpha value is -1.55. The molecule has 0 bridgehead atoms. The summed E-state index contributed by atoms with van der Waals surface area (Å²) < 4.78 is 5.89. The molecular weight excluding hydrogens is 240 g/mol. The van der Waals surface area contributed by atoms with E-state index in [4.69, 9.17) is 10.5 Å². The number of hydrogen-bond acceptors (Lipinski definition) is 2. The maximum Gasteiger partial charge on any atom is 0.409 e. The Morgan fingerprint density at radius 3 is 2.68 bits per heavy atom. The standard InChI is InChI=1S/C15H24N2O2/c1-4-5-10-17(2,3)11-9-13-7-6-8-14(12-13)19-15(16)18/h6-8,12H,4-5,9-11H2,1-3H3,(H-,16,18)/p+1. The van der Waals surface area contributed by atoms with Gasteiger partial charge in [0.2, 0.25) is 0 Å². The molecule has 1 amide bonds. The number of carbonyl (C=O) groups excluding carboxylic acids is 1. The second-order valence-corrected chi connectivity index (χ2v) is 5.56. The van der Waals surface area contributed by atoms with Gasteiger partial charge in [-0.3, -0.25) is 0 Å². The lowest BCUT2D eigenvalue weighted by molar-refractivity contribution is -0.890. The van der Waals surface area contributed by atoms with E-state index in [2.05, 4.69) is 21.0 Å². The molecule has 0 heterocycles. The smallest absolute Gasteiger partial charge is 0.409 e. The van der Waals surface area contributed by atoms with Gasteiger partial charge in [0, 0.05) is 6.42 Å². The van der Waals surface area contributed by atoms with Crippen molar-refractivity contribution >= 4 is 6.09 Å². The average molecular weight is 265 g/mol. The molecule has 0 aromatic heterocycles. The molecule has 1 aromatic carbocycles. The first-order valence-electron chi connectivity index (χ1n) is 6.81. The Morgan fingerprint density at radius 2 is 2.05 bits per heavy atom. The average Bonchev–Trinajstić information content (AvgIpc) is 2.34. The van der Waals surface area contributed by atoms with Crippen molar-refractivity contribution in [3.8, 4) is 5.75 Å². The predicted molar refractivity (Wildman–Crippen MR) is 77.1 cm³/mol. The van der Waals surface area contributed by atoms with E-state index in [1.807, 2.05) is 18.2 Å². The van der Waals surface area contributed by atoms with Crippen LogP contribution in [0, 0.1) is 0 Å². The first-order chi connectivity index (χ1) is 8.93. The largest absolute Gasteiger partial charge is 0.410 e. The molecule has 0 aliphatic rings. The second-order valence-electron chi connectivity index (χ2n) is 5.56. The van der Waals surface area contributed by atoms with Crippen molar-refractivity contribution in [2.75, 3.05) is 27.2 Å². The number of benzene rings is 1. The fourth-order valence-corrected chi connectivity index (χ4v) is 2.01. The van der Waals surface area contributed by atoms with Gasteiger partial charge in [0.25, 0.3) is 0 Å². The second kappa shape index (κ2) is 7.14. The highest BCUT2D eigenvalue weighted by atomic mass is 16.5. The third-order valence-electron chi connectivity index (χ3n) is 3.24. The fraction of sp³-hybridized carbons (Fsp3) is 0.533. The van der Waals surface area contributed by atoms with Crippen LogP contribution in [-0.2, 0) is 6.42 Å². The molecule has 0 spiro atoms. The number of primary amides is 1. The maximum atomic E-state index is 10.7. The monoisotopic (exact) mass is 265 g/mol. The van der Waals surface area contributed by atoms with E-state index in [9.17, 15) is 4.79 Å². The van der Waals surface area contributed by atoms with Gasteiger partial charge in [-0.05, 0) is 24.1 Å². The molecule has 0 radical (unpaired) electrons. The lowest BCUT2D eigenvalue weighted by Gasteiger charge is -2.29. The third kappa shape index (κ3) is 6.25. The van der Waals surface area contributed by atoms with Crippen LogP contribution in [0.2, 0.25) is 0 Å². The van der Waals surface area contributed by atoms with Crippen LogP contribution in [0.3, 0.4) is 0 Å². The first-order valence-corrected chi connectivity index (χ1v) is 6.81. The first kappa shape index (κ1) is 15.5. The van der Waals surface area contributed by atoms with Crippen LogP contribution in [0.4, 0.5) is 4.79 Å². The van der Waals surface area contributed by atoms with Crippen LogP contribution < -0.4 is 10.5 Å². The summed E-state index contributed by atoms with van der Waals surface area (Å²) in [5.74, 6) is 0.517. The zero-order valence-corrected chi connectivity index (χ0v) is 12.2. The summed E-state index contributed by atoms with van der Waals surface area (Å²) in [6.07, 6.45) is 2.67. The summed E-state index contributed by atoms with van der Waals surface area (Å²) in [4.78, 5) is 10.7. The summed E-state index contributed by atoms with van der Waals surface area (Å²) in [6.45, 7) is 4.47. The number of ether oxygens (including phenoxy) is 1. The molecule has 0 atom stereocenters. The van der Waals surface area contributed by atoms with Crippen molar-refractivity contribution in [2.24, 2.45) is 5.73 Å². The Balaban J connectivity index is 2.55. The number of amides is 1. The summed E-state index contributed by atoms with van der Waals surface area (Å²) >= 11 is 0. The normalized spacial score (nSPS) is 11.3. The van der Waals surface area contributed by atoms with Crippen LogP contribution in [0.5, 0.6) is 5.75 Å². The summed E-state index contributed by atoms with van der Waals surface area (Å²) in [6, 6.07) is 7.56. The number of nitrogens with two attached hydrogens (primary N) is 1. The van der Waals surface area contributed by atoms with E-state index in [0.717, 1.165) is 17.4 Å². The number of unbranched alkanes of at least 4 members (excludes halogenated alkanes) is 1. The van der Waals surface area contributed by atoms with Crippen molar-refractivity contribution in [3.63, 3.8) is 0 Å². The molecule has 1 aromatic rings. The van der Waals surface area contributed by atoms with Gasteiger partial charge in [-0.1, -0.05) is 25.5 Å². The molecule has 0 aliphatic carbocycles. The Labute approximate surface area is 115 Å². The minimum Gasteiger partial charge on any atom is -0.410 e. The van der Waals surface area contributed by atoms with E-state index in [-0.39, 0.29) is 0 Å². The number of likely N-dealkylation sites (N-methyl/N-ethyl adjacent to an activating group) is 1. The highest BCUT2D eigenvalue weighted by Gasteiger charge is 2.14. The van der Waals surface area contributed by atoms with Crippen molar-refractivity contribution in [1.82, 2.24) is 0 Å². The third-order valence-corrected chi connectivity index (χ3v) is 3.24. The molecule has 0 fully saturated rings. The minimum atomic E-state index is -0.767. The quantitative estimate of drug-likeness (QED) is 0.770. The highest BCUT2D eigenvalue weighted by molar-refractivity contribution is 5.68. The van der Waals surface area contributed by atoms with E-state index >= 15 is 0 Å². The van der Waals surface area contributed by atoms with Crippen LogP contribution >= 0.6 is 0 Å². The van der Waals surface area contributed by atoms with Crippen LogP contribution in [0.15, 0.2) is 24.3 Å². The van der Waals surface area contributed by atoms with Crippen molar-refractivity contribution in [3.05, 3.63) is 29.8 Å². The highest BCUT2D eigenvalue weighted by Crippen LogP contribution is 2.15. The van der Waals surface area contributed by atoms with Crippen LogP contribution in [0.1, 0.15) is 25.3 Å². The molecule has 0 saturated carbocycles. The molecule has 4 heteroatoms. The summed E-state index contributed by atoms with van der Waals surface area (Å²) in [5, 5.41) is 0. The van der Waals surface area contributed by atoms with Gasteiger partial charge >= 0.3 is 6.09 Å². The van der Waals surface area contributed by atoms with Gasteiger partial charge in [0.05, 0.1) is 27.2 Å². The Morgan fingerprint density at radius 1 is 1.32 bits per heavy atom. The Bertz CT molecular complexity index is 416. The summed E-state index contributed by atoms with van der Waals surface area (Å²) in [5.41, 5.74) is 6.18. The zero-order valence-electron chi connectivity index (χ0n) is 12.2. The van der Waals surface area contributed by atoms with Crippen molar-refractivity contribution in [1.29, 1.82) is 0 Å².